The number of morpholine rings is 1. The van der Waals surface area contributed by atoms with Gasteiger partial charge in [0.25, 0.3) is 0 Å². The van der Waals surface area contributed by atoms with Crippen LogP contribution in [0.15, 0.2) is 53.4 Å². The number of aryl methyl sites for hydroxylation is 1. The summed E-state index contributed by atoms with van der Waals surface area (Å²) in [4.78, 5) is 12.7. The minimum Gasteiger partial charge on any atom is -0.496 e. The Kier molecular flexibility index (Phi) is 7.33. The maximum atomic E-state index is 13.0. The average Bonchev–Trinajstić information content (AvgIpc) is 3.32. The quantitative estimate of drug-likeness (QED) is 0.519. The monoisotopic (exact) mass is 488 g/mol. The molecule has 0 saturated carbocycles. The number of nitrogens with zero attached hydrogens (tertiary/aromatic N) is 3. The molecule has 11 heteroatoms. The number of aromatic nitrogens is 2. The van der Waals surface area contributed by atoms with Gasteiger partial charge in [-0.05, 0) is 30.2 Å². The number of anilines is 1. The van der Waals surface area contributed by atoms with Crippen LogP contribution in [-0.2, 0) is 26.0 Å². The van der Waals surface area contributed by atoms with Gasteiger partial charge in [0.1, 0.15) is 10.8 Å². The first kappa shape index (κ1) is 23.3. The van der Waals surface area contributed by atoms with Gasteiger partial charge in [0.2, 0.25) is 21.1 Å². The topological polar surface area (TPSA) is 111 Å². The predicted octanol–water partition coefficient (Wildman–Crippen LogP) is 2.81. The highest BCUT2D eigenvalue weighted by Gasteiger charge is 2.27. The molecule has 9 nitrogen and oxygen atoms in total. The van der Waals surface area contributed by atoms with E-state index in [0.29, 0.717) is 54.2 Å². The molecule has 33 heavy (non-hydrogen) atoms. The normalized spacial score (nSPS) is 14.7. The zero-order valence-corrected chi connectivity index (χ0v) is 19.7. The molecule has 4 rings (SSSR count). The molecule has 3 aromatic rings. The minimum atomic E-state index is -3.64. The average molecular weight is 489 g/mol. The third kappa shape index (κ3) is 5.56. The number of carbonyl (C=O) groups is 1. The standard InChI is InChI=1S/C22H24N4O5S2/c1-30-19-9-8-18(33(28,29)26-11-13-31-14-12-26)15-17(19)7-10-20(27)23-22-25-24-21(32-22)16-5-3-2-4-6-16/h2-6,8-9,15H,7,10-14H2,1H3,(H,23,25,27). The molecular weight excluding hydrogens is 464 g/mol. The second-order valence-electron chi connectivity index (χ2n) is 7.32. The Bertz CT molecular complexity index is 1210. The van der Waals surface area contributed by atoms with Gasteiger partial charge < -0.3 is 14.8 Å². The molecule has 174 valence electrons. The number of nitrogens with one attached hydrogen (secondary N) is 1. The number of hydrogen-bond acceptors (Lipinski definition) is 8. The first-order chi connectivity index (χ1) is 16.0. The van der Waals surface area contributed by atoms with Crippen LogP contribution in [0.25, 0.3) is 10.6 Å². The molecule has 0 unspecified atom stereocenters. The summed E-state index contributed by atoms with van der Waals surface area (Å²) in [5, 5.41) is 12.0. The lowest BCUT2D eigenvalue weighted by Crippen LogP contribution is -2.40. The second kappa shape index (κ2) is 10.4. The van der Waals surface area contributed by atoms with E-state index >= 15 is 0 Å². The Hall–Kier alpha value is -2.86. The molecule has 1 fully saturated rings. The van der Waals surface area contributed by atoms with Crippen molar-refractivity contribution >= 4 is 32.4 Å². The molecule has 0 spiro atoms. The highest BCUT2D eigenvalue weighted by Crippen LogP contribution is 2.28. The van der Waals surface area contributed by atoms with Crippen molar-refractivity contribution in [2.45, 2.75) is 17.7 Å². The summed E-state index contributed by atoms with van der Waals surface area (Å²) in [6.45, 7) is 1.39. The molecule has 2 aromatic carbocycles. The molecule has 1 amide bonds. The number of carbonyl (C=O) groups excluding carboxylic acids is 1. The van der Waals surface area contributed by atoms with Crippen molar-refractivity contribution in [3.8, 4) is 16.3 Å². The van der Waals surface area contributed by atoms with Crippen LogP contribution >= 0.6 is 11.3 Å². The van der Waals surface area contributed by atoms with E-state index in [9.17, 15) is 13.2 Å². The largest absolute Gasteiger partial charge is 0.496 e. The molecule has 1 saturated heterocycles. The van der Waals surface area contributed by atoms with E-state index in [2.05, 4.69) is 15.5 Å². The smallest absolute Gasteiger partial charge is 0.243 e. The van der Waals surface area contributed by atoms with Crippen LogP contribution in [0.1, 0.15) is 12.0 Å². The highest BCUT2D eigenvalue weighted by atomic mass is 32.2. The fraction of sp³-hybridized carbons (Fsp3) is 0.318. The summed E-state index contributed by atoms with van der Waals surface area (Å²) < 4.78 is 38.0. The van der Waals surface area contributed by atoms with Gasteiger partial charge in [-0.3, -0.25) is 4.79 Å². The van der Waals surface area contributed by atoms with Gasteiger partial charge in [-0.15, -0.1) is 10.2 Å². The predicted molar refractivity (Wildman–Crippen MR) is 125 cm³/mol. The summed E-state index contributed by atoms with van der Waals surface area (Å²) in [5.74, 6) is 0.292. The Morgan fingerprint density at radius 2 is 1.91 bits per heavy atom. The van der Waals surface area contributed by atoms with Crippen LogP contribution in [0, 0.1) is 0 Å². The number of rotatable bonds is 8. The van der Waals surface area contributed by atoms with Crippen molar-refractivity contribution in [2.75, 3.05) is 38.7 Å². The third-order valence-corrected chi connectivity index (χ3v) is 7.96. The molecule has 1 aliphatic rings. The zero-order valence-electron chi connectivity index (χ0n) is 18.1. The van der Waals surface area contributed by atoms with Gasteiger partial charge in [0.15, 0.2) is 0 Å². The maximum Gasteiger partial charge on any atom is 0.243 e. The van der Waals surface area contributed by atoms with E-state index in [-0.39, 0.29) is 17.2 Å². The number of sulfonamides is 1. The lowest BCUT2D eigenvalue weighted by molar-refractivity contribution is -0.116. The molecule has 0 aliphatic carbocycles. The van der Waals surface area contributed by atoms with E-state index in [0.717, 1.165) is 5.56 Å². The summed E-state index contributed by atoms with van der Waals surface area (Å²) >= 11 is 1.29. The summed E-state index contributed by atoms with van der Waals surface area (Å²) in [6.07, 6.45) is 0.448. The number of benzene rings is 2. The van der Waals surface area contributed by atoms with Crippen molar-refractivity contribution in [3.63, 3.8) is 0 Å². The van der Waals surface area contributed by atoms with Crippen molar-refractivity contribution in [2.24, 2.45) is 0 Å². The lowest BCUT2D eigenvalue weighted by Gasteiger charge is -2.26. The first-order valence-electron chi connectivity index (χ1n) is 10.4. The minimum absolute atomic E-state index is 0.137. The van der Waals surface area contributed by atoms with E-state index in [1.807, 2.05) is 30.3 Å². The lowest BCUT2D eigenvalue weighted by atomic mass is 10.1. The molecule has 1 aromatic heterocycles. The molecular formula is C22H24N4O5S2. The maximum absolute atomic E-state index is 13.0. The molecule has 1 N–H and O–H groups in total. The third-order valence-electron chi connectivity index (χ3n) is 5.17. The van der Waals surface area contributed by atoms with Crippen molar-refractivity contribution in [1.82, 2.24) is 14.5 Å². The summed E-state index contributed by atoms with van der Waals surface area (Å²) in [5.41, 5.74) is 1.57. The number of hydrogen-bond donors (Lipinski definition) is 1. The van der Waals surface area contributed by atoms with Gasteiger partial charge in [0, 0.05) is 25.1 Å². The van der Waals surface area contributed by atoms with E-state index in [1.54, 1.807) is 12.1 Å². The summed E-state index contributed by atoms with van der Waals surface area (Å²) in [7, 11) is -2.12. The van der Waals surface area contributed by atoms with E-state index in [1.165, 1.54) is 28.8 Å². The van der Waals surface area contributed by atoms with Gasteiger partial charge >= 0.3 is 0 Å². The fourth-order valence-electron chi connectivity index (χ4n) is 3.45. The Morgan fingerprint density at radius 1 is 1.15 bits per heavy atom. The van der Waals surface area contributed by atoms with Crippen LogP contribution in [0.2, 0.25) is 0 Å². The van der Waals surface area contributed by atoms with Crippen molar-refractivity contribution < 1.29 is 22.7 Å². The molecule has 0 bridgehead atoms. The van der Waals surface area contributed by atoms with E-state index < -0.39 is 10.0 Å². The van der Waals surface area contributed by atoms with E-state index in [4.69, 9.17) is 9.47 Å². The van der Waals surface area contributed by atoms with Crippen molar-refractivity contribution in [3.05, 3.63) is 54.1 Å². The van der Waals surface area contributed by atoms with Crippen LogP contribution in [0.4, 0.5) is 5.13 Å². The Morgan fingerprint density at radius 3 is 2.64 bits per heavy atom. The summed E-state index contributed by atoms with van der Waals surface area (Å²) in [6, 6.07) is 14.3. The van der Waals surface area contributed by atoms with Crippen LogP contribution in [0.3, 0.4) is 0 Å². The molecule has 1 aliphatic heterocycles. The van der Waals surface area contributed by atoms with Crippen molar-refractivity contribution in [1.29, 1.82) is 0 Å². The molecule has 2 heterocycles. The van der Waals surface area contributed by atoms with Gasteiger partial charge in [-0.2, -0.15) is 4.31 Å². The zero-order chi connectivity index (χ0) is 23.3. The van der Waals surface area contributed by atoms with Crippen LogP contribution in [0.5, 0.6) is 5.75 Å². The highest BCUT2D eigenvalue weighted by molar-refractivity contribution is 7.89. The number of ether oxygens (including phenoxy) is 2. The second-order valence-corrected chi connectivity index (χ2v) is 10.2. The van der Waals surface area contributed by atoms with Gasteiger partial charge in [-0.1, -0.05) is 41.7 Å². The number of methoxy groups -OCH3 is 1. The Balaban J connectivity index is 1.42. The SMILES string of the molecule is COc1ccc(S(=O)(=O)N2CCOCC2)cc1CCC(=O)Nc1nnc(-c2ccccc2)s1. The Labute approximate surface area is 196 Å². The van der Waals surface area contributed by atoms with Crippen LogP contribution in [-0.4, -0.2) is 62.2 Å². The van der Waals surface area contributed by atoms with Gasteiger partial charge in [0.05, 0.1) is 25.2 Å². The number of amides is 1. The fourth-order valence-corrected chi connectivity index (χ4v) is 5.67. The molecule has 0 atom stereocenters. The first-order valence-corrected chi connectivity index (χ1v) is 12.7. The van der Waals surface area contributed by atoms with Crippen LogP contribution < -0.4 is 10.1 Å². The molecule has 0 radical (unpaired) electrons. The van der Waals surface area contributed by atoms with Gasteiger partial charge in [-0.25, -0.2) is 8.42 Å².